The third-order valence-electron chi connectivity index (χ3n) is 2.32. The van der Waals surface area contributed by atoms with Crippen molar-refractivity contribution in [2.24, 2.45) is 0 Å². The normalized spacial score (nSPS) is 9.83. The predicted molar refractivity (Wildman–Crippen MR) is 75.7 cm³/mol. The van der Waals surface area contributed by atoms with Crippen LogP contribution in [0.25, 0.3) is 0 Å². The number of nitrogens with two attached hydrogens (primary N) is 1. The Hall–Kier alpha value is -1.74. The van der Waals surface area contributed by atoms with Crippen molar-refractivity contribution in [3.05, 3.63) is 4.88 Å². The SMILES string of the molecule is C#CCN(CC)C(=O)c1sc(NCCC)nc1N. The number of amides is 1. The molecule has 5 nitrogen and oxygen atoms in total. The second-order valence-corrected chi connectivity index (χ2v) is 4.68. The van der Waals surface area contributed by atoms with Crippen LogP contribution in [0.1, 0.15) is 29.9 Å². The third-order valence-corrected chi connectivity index (χ3v) is 3.34. The van der Waals surface area contributed by atoms with Crippen LogP contribution in [0.2, 0.25) is 0 Å². The zero-order valence-electron chi connectivity index (χ0n) is 10.7. The summed E-state index contributed by atoms with van der Waals surface area (Å²) >= 11 is 1.27. The van der Waals surface area contributed by atoms with E-state index in [0.29, 0.717) is 16.6 Å². The number of hydrogen-bond donors (Lipinski definition) is 2. The fourth-order valence-corrected chi connectivity index (χ4v) is 2.25. The van der Waals surface area contributed by atoms with Crippen molar-refractivity contribution in [1.29, 1.82) is 0 Å². The number of aromatic nitrogens is 1. The Morgan fingerprint density at radius 2 is 2.33 bits per heavy atom. The van der Waals surface area contributed by atoms with E-state index in [9.17, 15) is 4.79 Å². The van der Waals surface area contributed by atoms with Crippen molar-refractivity contribution < 1.29 is 4.79 Å². The van der Waals surface area contributed by atoms with E-state index in [1.165, 1.54) is 11.3 Å². The first-order valence-electron chi connectivity index (χ1n) is 5.86. The molecule has 1 aromatic heterocycles. The maximum absolute atomic E-state index is 12.2. The molecule has 3 N–H and O–H groups in total. The second kappa shape index (κ2) is 6.87. The number of carbonyl (C=O) groups excluding carboxylic acids is 1. The Balaban J connectivity index is 2.85. The van der Waals surface area contributed by atoms with E-state index in [1.807, 2.05) is 6.92 Å². The van der Waals surface area contributed by atoms with Crippen LogP contribution in [-0.4, -0.2) is 35.4 Å². The zero-order chi connectivity index (χ0) is 13.5. The number of rotatable bonds is 6. The molecule has 0 spiro atoms. The van der Waals surface area contributed by atoms with Crippen LogP contribution in [-0.2, 0) is 0 Å². The first-order valence-corrected chi connectivity index (χ1v) is 6.68. The molecule has 1 amide bonds. The Bertz CT molecular complexity index is 449. The van der Waals surface area contributed by atoms with Crippen LogP contribution in [0, 0.1) is 12.3 Å². The molecule has 0 bridgehead atoms. The summed E-state index contributed by atoms with van der Waals surface area (Å²) in [6.45, 7) is 5.58. The van der Waals surface area contributed by atoms with Crippen molar-refractivity contribution in [3.8, 4) is 12.3 Å². The molecule has 0 aliphatic rings. The summed E-state index contributed by atoms with van der Waals surface area (Å²) in [6.07, 6.45) is 6.22. The molecule has 0 unspecified atom stereocenters. The van der Waals surface area contributed by atoms with Gasteiger partial charge in [0.15, 0.2) is 5.13 Å². The number of nitrogen functional groups attached to an aromatic ring is 1. The smallest absolute Gasteiger partial charge is 0.268 e. The molecule has 18 heavy (non-hydrogen) atoms. The minimum Gasteiger partial charge on any atom is -0.382 e. The fourth-order valence-electron chi connectivity index (χ4n) is 1.37. The molecule has 0 fully saturated rings. The van der Waals surface area contributed by atoms with Crippen LogP contribution in [0.3, 0.4) is 0 Å². The maximum atomic E-state index is 12.2. The Morgan fingerprint density at radius 1 is 1.61 bits per heavy atom. The number of anilines is 2. The zero-order valence-corrected chi connectivity index (χ0v) is 11.5. The van der Waals surface area contributed by atoms with Crippen molar-refractivity contribution in [3.63, 3.8) is 0 Å². The number of nitrogens with zero attached hydrogens (tertiary/aromatic N) is 2. The molecule has 1 heterocycles. The molecular formula is C12H18N4OS. The van der Waals surface area contributed by atoms with E-state index in [-0.39, 0.29) is 18.3 Å². The summed E-state index contributed by atoms with van der Waals surface area (Å²) in [5, 5.41) is 3.79. The molecule has 0 aromatic carbocycles. The van der Waals surface area contributed by atoms with E-state index in [4.69, 9.17) is 12.2 Å². The quantitative estimate of drug-likeness (QED) is 0.768. The number of terminal acetylenes is 1. The summed E-state index contributed by atoms with van der Waals surface area (Å²) in [5.41, 5.74) is 5.76. The van der Waals surface area contributed by atoms with Gasteiger partial charge in [-0.25, -0.2) is 4.98 Å². The average Bonchev–Trinajstić information content (AvgIpc) is 2.74. The topological polar surface area (TPSA) is 71.2 Å². The lowest BCUT2D eigenvalue weighted by Crippen LogP contribution is -2.31. The van der Waals surface area contributed by atoms with Gasteiger partial charge in [-0.1, -0.05) is 24.2 Å². The van der Waals surface area contributed by atoms with Gasteiger partial charge in [-0.2, -0.15) is 0 Å². The monoisotopic (exact) mass is 266 g/mol. The first kappa shape index (κ1) is 14.3. The van der Waals surface area contributed by atoms with Gasteiger partial charge in [0.2, 0.25) is 0 Å². The molecule has 0 atom stereocenters. The van der Waals surface area contributed by atoms with E-state index in [1.54, 1.807) is 4.90 Å². The van der Waals surface area contributed by atoms with Gasteiger partial charge in [-0.15, -0.1) is 6.42 Å². The number of hydrogen-bond acceptors (Lipinski definition) is 5. The van der Waals surface area contributed by atoms with Crippen LogP contribution in [0.4, 0.5) is 10.9 Å². The Labute approximate surface area is 111 Å². The summed E-state index contributed by atoms with van der Waals surface area (Å²) < 4.78 is 0. The molecule has 1 aromatic rings. The third kappa shape index (κ3) is 3.37. The Kier molecular flexibility index (Phi) is 5.46. The predicted octanol–water partition coefficient (Wildman–Crippen LogP) is 1.64. The van der Waals surface area contributed by atoms with Gasteiger partial charge in [0, 0.05) is 13.1 Å². The van der Waals surface area contributed by atoms with Crippen molar-refractivity contribution >= 4 is 28.2 Å². The number of nitrogens with one attached hydrogen (secondary N) is 1. The van der Waals surface area contributed by atoms with Crippen molar-refractivity contribution in [2.75, 3.05) is 30.7 Å². The van der Waals surface area contributed by atoms with E-state index in [2.05, 4.69) is 23.1 Å². The molecular weight excluding hydrogens is 248 g/mol. The van der Waals surface area contributed by atoms with Gasteiger partial charge in [0.05, 0.1) is 6.54 Å². The van der Waals surface area contributed by atoms with Gasteiger partial charge in [-0.05, 0) is 13.3 Å². The highest BCUT2D eigenvalue weighted by atomic mass is 32.1. The van der Waals surface area contributed by atoms with Crippen LogP contribution < -0.4 is 11.1 Å². The minimum atomic E-state index is -0.157. The molecule has 0 saturated heterocycles. The Morgan fingerprint density at radius 3 is 2.89 bits per heavy atom. The first-order chi connectivity index (χ1) is 8.63. The molecule has 0 radical (unpaired) electrons. The van der Waals surface area contributed by atoms with E-state index >= 15 is 0 Å². The highest BCUT2D eigenvalue weighted by Gasteiger charge is 2.20. The lowest BCUT2D eigenvalue weighted by atomic mass is 10.4. The van der Waals surface area contributed by atoms with Crippen molar-refractivity contribution in [1.82, 2.24) is 9.88 Å². The number of thiazole rings is 1. The van der Waals surface area contributed by atoms with Gasteiger partial charge in [0.1, 0.15) is 10.7 Å². The summed E-state index contributed by atoms with van der Waals surface area (Å²) in [7, 11) is 0. The molecule has 6 heteroatoms. The van der Waals surface area contributed by atoms with Gasteiger partial charge >= 0.3 is 0 Å². The standard InChI is InChI=1S/C12H18N4OS/c1-4-7-14-12-15-10(13)9(18-12)11(17)16(6-3)8-5-2/h2H,4,6-8,13H2,1,3H3,(H,14,15). The fraction of sp³-hybridized carbons (Fsp3) is 0.500. The summed E-state index contributed by atoms with van der Waals surface area (Å²) in [6, 6.07) is 0. The number of carbonyl (C=O) groups is 1. The van der Waals surface area contributed by atoms with Crippen LogP contribution in [0.5, 0.6) is 0 Å². The van der Waals surface area contributed by atoms with Crippen LogP contribution >= 0.6 is 11.3 Å². The molecule has 0 aliphatic carbocycles. The van der Waals surface area contributed by atoms with E-state index < -0.39 is 0 Å². The molecule has 1 rings (SSSR count). The van der Waals surface area contributed by atoms with Gasteiger partial charge in [0.25, 0.3) is 5.91 Å². The lowest BCUT2D eigenvalue weighted by molar-refractivity contribution is 0.0790. The van der Waals surface area contributed by atoms with Crippen LogP contribution in [0.15, 0.2) is 0 Å². The van der Waals surface area contributed by atoms with E-state index in [0.717, 1.165) is 13.0 Å². The minimum absolute atomic E-state index is 0.157. The second-order valence-electron chi connectivity index (χ2n) is 3.68. The van der Waals surface area contributed by atoms with Crippen molar-refractivity contribution in [2.45, 2.75) is 20.3 Å². The average molecular weight is 266 g/mol. The highest BCUT2D eigenvalue weighted by molar-refractivity contribution is 7.18. The van der Waals surface area contributed by atoms with Gasteiger partial charge in [-0.3, -0.25) is 4.79 Å². The molecule has 0 aliphatic heterocycles. The maximum Gasteiger partial charge on any atom is 0.268 e. The van der Waals surface area contributed by atoms with Gasteiger partial charge < -0.3 is 16.0 Å². The molecule has 98 valence electrons. The lowest BCUT2D eigenvalue weighted by Gasteiger charge is -2.16. The molecule has 0 saturated carbocycles. The largest absolute Gasteiger partial charge is 0.382 e. The summed E-state index contributed by atoms with van der Waals surface area (Å²) in [5.74, 6) is 2.57. The highest BCUT2D eigenvalue weighted by Crippen LogP contribution is 2.26. The summed E-state index contributed by atoms with van der Waals surface area (Å²) in [4.78, 5) is 18.3.